The van der Waals surface area contributed by atoms with Crippen LogP contribution in [-0.4, -0.2) is 66.0 Å². The second-order valence-electron chi connectivity index (χ2n) is 9.92. The van der Waals surface area contributed by atoms with Crippen LogP contribution in [0.5, 0.6) is 0 Å². The van der Waals surface area contributed by atoms with E-state index >= 15 is 0 Å². The van der Waals surface area contributed by atoms with Crippen LogP contribution >= 0.6 is 0 Å². The van der Waals surface area contributed by atoms with Crippen LogP contribution in [0.1, 0.15) is 42.9 Å². The fourth-order valence-electron chi connectivity index (χ4n) is 5.54. The summed E-state index contributed by atoms with van der Waals surface area (Å²) in [6, 6.07) is 6.65. The van der Waals surface area contributed by atoms with Crippen LogP contribution in [-0.2, 0) is 17.3 Å². The lowest BCUT2D eigenvalue weighted by atomic mass is 9.91. The van der Waals surface area contributed by atoms with Crippen molar-refractivity contribution in [1.29, 1.82) is 0 Å². The number of nitrogen functional groups attached to an aromatic ring is 1. The first-order valence-corrected chi connectivity index (χ1v) is 14.0. The molecule has 0 spiro atoms. The Kier molecular flexibility index (Phi) is 6.88. The highest BCUT2D eigenvalue weighted by Gasteiger charge is 2.29. The van der Waals surface area contributed by atoms with Gasteiger partial charge in [-0.1, -0.05) is 12.6 Å². The maximum absolute atomic E-state index is 12.5. The van der Waals surface area contributed by atoms with Crippen molar-refractivity contribution in [2.75, 3.05) is 38.2 Å². The standard InChI is InChI=1S/C26H35N7OS/c1-18-4-5-24-23(14-18)30-26(35(3)34)33(24)22-8-12-32(13-9-22)19(2)21-6-10-31(11-7-21)17-20-15-28-25(27)29-16-20/h4-5,14-16,21-22H,2,6-13,17H2,1,3H3,(H2,27,28,29). The first kappa shape index (κ1) is 23.9. The highest BCUT2D eigenvalue weighted by Crippen LogP contribution is 2.34. The van der Waals surface area contributed by atoms with Gasteiger partial charge in [0.1, 0.15) is 0 Å². The zero-order valence-corrected chi connectivity index (χ0v) is 21.5. The monoisotopic (exact) mass is 493 g/mol. The molecule has 1 aromatic carbocycles. The molecule has 2 N–H and O–H groups in total. The van der Waals surface area contributed by atoms with Crippen molar-refractivity contribution >= 4 is 27.8 Å². The number of fused-ring (bicyclic) bond motifs is 1. The van der Waals surface area contributed by atoms with Crippen molar-refractivity contribution in [1.82, 2.24) is 29.3 Å². The van der Waals surface area contributed by atoms with E-state index in [1.165, 1.54) is 11.3 Å². The van der Waals surface area contributed by atoms with Gasteiger partial charge in [0.15, 0.2) is 5.16 Å². The van der Waals surface area contributed by atoms with E-state index in [-0.39, 0.29) is 0 Å². The number of hydrogen-bond acceptors (Lipinski definition) is 7. The van der Waals surface area contributed by atoms with Gasteiger partial charge in [0.05, 0.1) is 21.8 Å². The second kappa shape index (κ2) is 10.1. The quantitative estimate of drug-likeness (QED) is 0.562. The summed E-state index contributed by atoms with van der Waals surface area (Å²) in [5.74, 6) is 0.851. The van der Waals surface area contributed by atoms with Crippen LogP contribution in [0.15, 0.2) is 48.0 Å². The van der Waals surface area contributed by atoms with Crippen LogP contribution in [0.25, 0.3) is 11.0 Å². The molecule has 186 valence electrons. The van der Waals surface area contributed by atoms with Crippen LogP contribution in [0, 0.1) is 12.8 Å². The summed E-state index contributed by atoms with van der Waals surface area (Å²) in [5, 5.41) is 0.696. The molecule has 0 bridgehead atoms. The SMILES string of the molecule is C=C(C1CCN(Cc2cnc(N)nc2)CC1)N1CCC(n2c(S(C)=O)nc3cc(C)ccc32)CC1. The van der Waals surface area contributed by atoms with Gasteiger partial charge in [-0.05, 0) is 63.4 Å². The molecule has 2 aliphatic heterocycles. The minimum absolute atomic E-state index is 0.314. The average molecular weight is 494 g/mol. The molecule has 2 aromatic heterocycles. The van der Waals surface area contributed by atoms with E-state index in [4.69, 9.17) is 10.7 Å². The number of nitrogens with two attached hydrogens (primary N) is 1. The molecular weight excluding hydrogens is 458 g/mol. The van der Waals surface area contributed by atoms with Crippen molar-refractivity contribution in [2.45, 2.75) is 50.4 Å². The van der Waals surface area contributed by atoms with Crippen LogP contribution in [0.2, 0.25) is 0 Å². The van der Waals surface area contributed by atoms with Gasteiger partial charge in [-0.25, -0.2) is 15.0 Å². The first-order valence-electron chi connectivity index (χ1n) is 12.4. The van der Waals surface area contributed by atoms with Crippen molar-refractivity contribution in [3.8, 4) is 0 Å². The molecule has 8 nitrogen and oxygen atoms in total. The molecule has 9 heteroatoms. The minimum Gasteiger partial charge on any atom is -0.375 e. The topological polar surface area (TPSA) is 93.2 Å². The summed E-state index contributed by atoms with van der Waals surface area (Å²) >= 11 is 0. The molecule has 0 amide bonds. The molecule has 5 rings (SSSR count). The van der Waals surface area contributed by atoms with Gasteiger partial charge in [0, 0.05) is 61.5 Å². The molecule has 0 aliphatic carbocycles. The third kappa shape index (κ3) is 5.11. The fraction of sp³-hybridized carbons (Fsp3) is 0.500. The number of rotatable bonds is 6. The lowest BCUT2D eigenvalue weighted by Gasteiger charge is -2.41. The summed E-state index contributed by atoms with van der Waals surface area (Å²) in [6.07, 6.45) is 9.65. The molecule has 2 fully saturated rings. The molecule has 2 aliphatic rings. The summed E-state index contributed by atoms with van der Waals surface area (Å²) in [6.45, 7) is 11.5. The Morgan fingerprint density at radius 3 is 2.46 bits per heavy atom. The summed E-state index contributed by atoms with van der Waals surface area (Å²) in [5.41, 5.74) is 11.2. The van der Waals surface area contributed by atoms with Gasteiger partial charge < -0.3 is 15.2 Å². The van der Waals surface area contributed by atoms with E-state index in [1.807, 2.05) is 12.4 Å². The summed E-state index contributed by atoms with van der Waals surface area (Å²) in [4.78, 5) is 17.9. The number of imidazole rings is 1. The largest absolute Gasteiger partial charge is 0.375 e. The van der Waals surface area contributed by atoms with Crippen molar-refractivity contribution in [3.05, 3.63) is 54.0 Å². The van der Waals surface area contributed by atoms with E-state index in [0.717, 1.165) is 75.0 Å². The third-order valence-electron chi connectivity index (χ3n) is 7.50. The van der Waals surface area contributed by atoms with Crippen molar-refractivity contribution in [2.24, 2.45) is 5.92 Å². The number of hydrogen-bond donors (Lipinski definition) is 1. The van der Waals surface area contributed by atoms with Crippen molar-refractivity contribution in [3.63, 3.8) is 0 Å². The van der Waals surface area contributed by atoms with Crippen LogP contribution in [0.3, 0.4) is 0 Å². The Bertz CT molecular complexity index is 1220. The number of aromatic nitrogens is 4. The maximum Gasteiger partial charge on any atom is 0.219 e. The number of allylic oxidation sites excluding steroid dienone is 1. The lowest BCUT2D eigenvalue weighted by molar-refractivity contribution is 0.153. The number of benzene rings is 1. The predicted molar refractivity (Wildman–Crippen MR) is 140 cm³/mol. The second-order valence-corrected chi connectivity index (χ2v) is 11.2. The van der Waals surface area contributed by atoms with Gasteiger partial charge in [-0.15, -0.1) is 0 Å². The lowest BCUT2D eigenvalue weighted by Crippen LogP contribution is -2.40. The molecule has 2 saturated heterocycles. The van der Waals surface area contributed by atoms with Crippen LogP contribution < -0.4 is 5.73 Å². The molecule has 4 heterocycles. The zero-order valence-electron chi connectivity index (χ0n) is 20.7. The Morgan fingerprint density at radius 1 is 1.11 bits per heavy atom. The normalized spacial score (nSPS) is 19.3. The van der Waals surface area contributed by atoms with E-state index in [9.17, 15) is 4.21 Å². The first-order chi connectivity index (χ1) is 16.9. The van der Waals surface area contributed by atoms with Gasteiger partial charge >= 0.3 is 0 Å². The van der Waals surface area contributed by atoms with Gasteiger partial charge in [-0.2, -0.15) is 0 Å². The molecular formula is C26H35N7OS. The van der Waals surface area contributed by atoms with E-state index in [2.05, 4.69) is 56.0 Å². The Labute approximate surface area is 209 Å². The average Bonchev–Trinajstić information content (AvgIpc) is 3.24. The Balaban J connectivity index is 1.18. The van der Waals surface area contributed by atoms with E-state index in [0.29, 0.717) is 23.1 Å². The van der Waals surface area contributed by atoms with E-state index in [1.54, 1.807) is 6.26 Å². The van der Waals surface area contributed by atoms with Crippen LogP contribution in [0.4, 0.5) is 5.95 Å². The molecule has 35 heavy (non-hydrogen) atoms. The Morgan fingerprint density at radius 2 is 1.80 bits per heavy atom. The molecule has 1 unspecified atom stereocenters. The maximum atomic E-state index is 12.5. The predicted octanol–water partition coefficient (Wildman–Crippen LogP) is 3.52. The number of aryl methyl sites for hydroxylation is 1. The molecule has 0 saturated carbocycles. The van der Waals surface area contributed by atoms with E-state index < -0.39 is 10.8 Å². The summed E-state index contributed by atoms with van der Waals surface area (Å²) in [7, 11) is -1.12. The third-order valence-corrected chi connectivity index (χ3v) is 8.30. The van der Waals surface area contributed by atoms with Gasteiger partial charge in [-0.3, -0.25) is 9.11 Å². The number of piperidine rings is 2. The highest BCUT2D eigenvalue weighted by molar-refractivity contribution is 7.84. The van der Waals surface area contributed by atoms with Crippen molar-refractivity contribution < 1.29 is 4.21 Å². The number of likely N-dealkylation sites (tertiary alicyclic amines) is 2. The fourth-order valence-corrected chi connectivity index (χ4v) is 6.29. The van der Waals surface area contributed by atoms with Gasteiger partial charge in [0.2, 0.25) is 5.95 Å². The summed E-state index contributed by atoms with van der Waals surface area (Å²) < 4.78 is 14.7. The number of anilines is 1. The smallest absolute Gasteiger partial charge is 0.219 e. The molecule has 1 atom stereocenters. The number of nitrogens with zero attached hydrogens (tertiary/aromatic N) is 6. The minimum atomic E-state index is -1.12. The van der Waals surface area contributed by atoms with Gasteiger partial charge in [0.25, 0.3) is 0 Å². The highest BCUT2D eigenvalue weighted by atomic mass is 32.2. The molecule has 3 aromatic rings. The Hall–Kier alpha value is -2.78. The zero-order chi connectivity index (χ0) is 24.5. The molecule has 0 radical (unpaired) electrons.